The van der Waals surface area contributed by atoms with Gasteiger partial charge in [0.15, 0.2) is 11.2 Å². The largest absolute Gasteiger partial charge is 0.456 e. The van der Waals surface area contributed by atoms with E-state index in [1.807, 2.05) is 0 Å². The molecule has 2 aromatic carbocycles. The van der Waals surface area contributed by atoms with Crippen molar-refractivity contribution in [3.8, 4) is 0 Å². The van der Waals surface area contributed by atoms with Crippen molar-refractivity contribution in [1.82, 2.24) is 0 Å². The van der Waals surface area contributed by atoms with Crippen LogP contribution in [0.25, 0.3) is 0 Å². The maximum atomic E-state index is 14.4. The molecule has 184 valence electrons. The van der Waals surface area contributed by atoms with Gasteiger partial charge in [0, 0.05) is 27.0 Å². The highest BCUT2D eigenvalue weighted by atomic mass is 35.5. The standard InChI is InChI=1S/C23H22Cl2F3NO5/c1-13-7-14(5-6-18(13)20(31)34-21(2,3)4)19(30)11-22(12-29(32)33,23(26,27)28)15-8-16(24)10-17(25)9-15/h5-10H,11-12H2,1-4H3. The molecule has 0 N–H and O–H groups in total. The van der Waals surface area contributed by atoms with Crippen LogP contribution in [0.3, 0.4) is 0 Å². The van der Waals surface area contributed by atoms with Crippen molar-refractivity contribution >= 4 is 35.0 Å². The number of hydrogen-bond donors (Lipinski definition) is 0. The van der Waals surface area contributed by atoms with Crippen LogP contribution in [0.15, 0.2) is 36.4 Å². The Morgan fingerprint density at radius 2 is 1.59 bits per heavy atom. The molecule has 0 heterocycles. The molecule has 0 aliphatic rings. The Hall–Kier alpha value is -2.65. The first kappa shape index (κ1) is 27.6. The number of benzene rings is 2. The van der Waals surface area contributed by atoms with E-state index in [0.29, 0.717) is 5.56 Å². The summed E-state index contributed by atoms with van der Waals surface area (Å²) in [5.41, 5.74) is -4.25. The highest BCUT2D eigenvalue weighted by Gasteiger charge is 2.60. The van der Waals surface area contributed by atoms with Crippen molar-refractivity contribution in [2.24, 2.45) is 0 Å². The van der Waals surface area contributed by atoms with E-state index < -0.39 is 52.4 Å². The number of Topliss-reactive ketones (excluding diaryl/α,β-unsaturated/α-hetero) is 1. The first-order chi connectivity index (χ1) is 15.4. The number of hydrogen-bond acceptors (Lipinski definition) is 5. The van der Waals surface area contributed by atoms with Crippen molar-refractivity contribution in [2.45, 2.75) is 51.3 Å². The van der Waals surface area contributed by atoms with Crippen LogP contribution in [0.5, 0.6) is 0 Å². The van der Waals surface area contributed by atoms with Gasteiger partial charge in [0.2, 0.25) is 6.54 Å². The zero-order valence-electron chi connectivity index (χ0n) is 18.8. The molecule has 0 saturated heterocycles. The smallest absolute Gasteiger partial charge is 0.405 e. The van der Waals surface area contributed by atoms with Gasteiger partial charge in [-0.1, -0.05) is 29.3 Å². The van der Waals surface area contributed by atoms with Crippen molar-refractivity contribution in [3.63, 3.8) is 0 Å². The SMILES string of the molecule is Cc1cc(C(=O)CC(C[N+](=O)[O-])(c2cc(Cl)cc(Cl)c2)C(F)(F)F)ccc1C(=O)OC(C)(C)C. The van der Waals surface area contributed by atoms with Gasteiger partial charge in [-0.15, -0.1) is 0 Å². The number of halogens is 5. The quantitative estimate of drug-likeness (QED) is 0.178. The van der Waals surface area contributed by atoms with Gasteiger partial charge in [-0.05, 0) is 69.2 Å². The summed E-state index contributed by atoms with van der Waals surface area (Å²) in [5.74, 6) is -1.66. The molecule has 1 unspecified atom stereocenters. The zero-order valence-corrected chi connectivity index (χ0v) is 20.3. The lowest BCUT2D eigenvalue weighted by Crippen LogP contribution is -2.49. The third kappa shape index (κ3) is 6.48. The van der Waals surface area contributed by atoms with Gasteiger partial charge in [0.25, 0.3) is 0 Å². The molecular formula is C23H22Cl2F3NO5. The maximum absolute atomic E-state index is 14.4. The Labute approximate surface area is 204 Å². The Kier molecular flexibility index (Phi) is 8.05. The van der Waals surface area contributed by atoms with Gasteiger partial charge < -0.3 is 4.74 Å². The van der Waals surface area contributed by atoms with E-state index in [4.69, 9.17) is 27.9 Å². The summed E-state index contributed by atoms with van der Waals surface area (Å²) in [6, 6.07) is 6.71. The summed E-state index contributed by atoms with van der Waals surface area (Å²) >= 11 is 11.7. The second kappa shape index (κ2) is 9.92. The van der Waals surface area contributed by atoms with Crippen LogP contribution in [0.1, 0.15) is 59.0 Å². The molecule has 11 heteroatoms. The molecule has 0 aliphatic carbocycles. The van der Waals surface area contributed by atoms with E-state index in [0.717, 1.165) is 12.1 Å². The fourth-order valence-electron chi connectivity index (χ4n) is 3.43. The Bertz CT molecular complexity index is 1110. The van der Waals surface area contributed by atoms with Crippen LogP contribution >= 0.6 is 23.2 Å². The molecule has 0 spiro atoms. The third-order valence-corrected chi connectivity index (χ3v) is 5.42. The number of ketones is 1. The van der Waals surface area contributed by atoms with Crippen molar-refractivity contribution in [2.75, 3.05) is 6.54 Å². The van der Waals surface area contributed by atoms with E-state index in [1.54, 1.807) is 20.8 Å². The predicted octanol–water partition coefficient (Wildman–Crippen LogP) is 6.61. The lowest BCUT2D eigenvalue weighted by Gasteiger charge is -2.32. The van der Waals surface area contributed by atoms with Crippen molar-refractivity contribution in [1.29, 1.82) is 0 Å². The molecule has 0 bridgehead atoms. The molecule has 0 aromatic heterocycles. The van der Waals surface area contributed by atoms with Crippen LogP contribution in [-0.4, -0.2) is 35.0 Å². The predicted molar refractivity (Wildman–Crippen MR) is 121 cm³/mol. The Morgan fingerprint density at radius 1 is 1.03 bits per heavy atom. The fourth-order valence-corrected chi connectivity index (χ4v) is 3.95. The number of rotatable bonds is 7. The summed E-state index contributed by atoms with van der Waals surface area (Å²) in [5, 5.41) is 11.0. The lowest BCUT2D eigenvalue weighted by molar-refractivity contribution is -0.501. The number of aryl methyl sites for hydroxylation is 1. The summed E-state index contributed by atoms with van der Waals surface area (Å²) < 4.78 is 48.4. The zero-order chi connectivity index (χ0) is 26.1. The monoisotopic (exact) mass is 519 g/mol. The average Bonchev–Trinajstić information content (AvgIpc) is 2.63. The van der Waals surface area contributed by atoms with Crippen LogP contribution in [0.4, 0.5) is 13.2 Å². The number of nitro groups is 1. The first-order valence-corrected chi connectivity index (χ1v) is 10.7. The molecule has 0 fully saturated rings. The number of carbonyl (C=O) groups excluding carboxylic acids is 2. The van der Waals surface area contributed by atoms with Crippen molar-refractivity contribution < 1.29 is 32.4 Å². The molecule has 1 atom stereocenters. The van der Waals surface area contributed by atoms with Crippen LogP contribution < -0.4 is 0 Å². The molecule has 2 rings (SSSR count). The van der Waals surface area contributed by atoms with E-state index in [1.165, 1.54) is 31.2 Å². The van der Waals surface area contributed by atoms with Gasteiger partial charge in [-0.25, -0.2) is 4.79 Å². The summed E-state index contributed by atoms with van der Waals surface area (Å²) in [7, 11) is 0. The molecule has 0 radical (unpaired) electrons. The number of esters is 1. The minimum atomic E-state index is -5.19. The normalized spacial score (nSPS) is 13.8. The molecule has 0 amide bonds. The minimum absolute atomic E-state index is 0.139. The van der Waals surface area contributed by atoms with Crippen LogP contribution in [0.2, 0.25) is 10.0 Å². The molecule has 34 heavy (non-hydrogen) atoms. The molecular weight excluding hydrogens is 498 g/mol. The van der Waals surface area contributed by atoms with Gasteiger partial charge in [-0.2, -0.15) is 13.2 Å². The third-order valence-electron chi connectivity index (χ3n) is 4.99. The number of nitrogens with zero attached hydrogens (tertiary/aromatic N) is 1. The highest BCUT2D eigenvalue weighted by molar-refractivity contribution is 6.34. The molecule has 6 nitrogen and oxygen atoms in total. The highest BCUT2D eigenvalue weighted by Crippen LogP contribution is 2.46. The summed E-state index contributed by atoms with van der Waals surface area (Å²) in [6.07, 6.45) is -6.45. The van der Waals surface area contributed by atoms with Crippen LogP contribution in [-0.2, 0) is 10.2 Å². The summed E-state index contributed by atoms with van der Waals surface area (Å²) in [6.45, 7) is 4.92. The average molecular weight is 520 g/mol. The lowest BCUT2D eigenvalue weighted by atomic mass is 9.74. The molecule has 0 saturated carbocycles. The number of alkyl halides is 3. The molecule has 2 aromatic rings. The van der Waals surface area contributed by atoms with Gasteiger partial charge >= 0.3 is 12.1 Å². The Morgan fingerprint density at radius 3 is 2.03 bits per heavy atom. The van der Waals surface area contributed by atoms with E-state index in [-0.39, 0.29) is 21.2 Å². The Balaban J connectivity index is 2.53. The van der Waals surface area contributed by atoms with E-state index in [9.17, 15) is 32.9 Å². The van der Waals surface area contributed by atoms with Crippen molar-refractivity contribution in [3.05, 3.63) is 78.8 Å². The van der Waals surface area contributed by atoms with Gasteiger partial charge in [0.1, 0.15) is 5.60 Å². The first-order valence-electron chi connectivity index (χ1n) is 9.97. The second-order valence-electron chi connectivity index (χ2n) is 8.86. The van der Waals surface area contributed by atoms with E-state index >= 15 is 0 Å². The second-order valence-corrected chi connectivity index (χ2v) is 9.73. The number of ether oxygens (including phenoxy) is 1. The fraction of sp³-hybridized carbons (Fsp3) is 0.391. The van der Waals surface area contributed by atoms with Gasteiger partial charge in [0.05, 0.1) is 5.56 Å². The van der Waals surface area contributed by atoms with E-state index in [2.05, 4.69) is 0 Å². The molecule has 0 aliphatic heterocycles. The minimum Gasteiger partial charge on any atom is -0.456 e. The number of carbonyl (C=O) groups is 2. The summed E-state index contributed by atoms with van der Waals surface area (Å²) in [4.78, 5) is 35.5. The van der Waals surface area contributed by atoms with Crippen LogP contribution in [0, 0.1) is 17.0 Å². The van der Waals surface area contributed by atoms with Gasteiger partial charge in [-0.3, -0.25) is 14.9 Å². The topological polar surface area (TPSA) is 86.5 Å². The maximum Gasteiger partial charge on any atom is 0.405 e.